The molecule has 0 spiro atoms. The molecule has 1 N–H and O–H groups in total. The maximum Gasteiger partial charge on any atom is 0.0730 e. The number of nitrogens with zero attached hydrogens (tertiary/aromatic N) is 1. The van der Waals surface area contributed by atoms with Gasteiger partial charge in [-0.2, -0.15) is 0 Å². The van der Waals surface area contributed by atoms with E-state index in [1.807, 2.05) is 42.5 Å². The lowest BCUT2D eigenvalue weighted by atomic mass is 10.1. The van der Waals surface area contributed by atoms with E-state index in [2.05, 4.69) is 36.5 Å². The third-order valence-corrected chi connectivity index (χ3v) is 4.16. The van der Waals surface area contributed by atoms with Gasteiger partial charge in [-0.15, -0.1) is 0 Å². The fourth-order valence-electron chi connectivity index (χ4n) is 2.85. The SMILES string of the molecule is Cc1ccc2nc3ccccc3c(Nc3cccc(Cl)c3)c2c1. The number of anilines is 2. The quantitative estimate of drug-likeness (QED) is 0.452. The third-order valence-electron chi connectivity index (χ3n) is 3.93. The van der Waals surface area contributed by atoms with Gasteiger partial charge in [0.2, 0.25) is 0 Å². The summed E-state index contributed by atoms with van der Waals surface area (Å²) in [5.41, 5.74) is 5.21. The Morgan fingerprint density at radius 2 is 1.65 bits per heavy atom. The molecule has 0 atom stereocenters. The summed E-state index contributed by atoms with van der Waals surface area (Å²) in [7, 11) is 0. The molecule has 3 aromatic carbocycles. The van der Waals surface area contributed by atoms with Crippen LogP contribution < -0.4 is 5.32 Å². The molecule has 1 heterocycles. The van der Waals surface area contributed by atoms with Gasteiger partial charge in [-0.05, 0) is 43.3 Å². The molecule has 23 heavy (non-hydrogen) atoms. The maximum absolute atomic E-state index is 6.12. The zero-order chi connectivity index (χ0) is 15.8. The average molecular weight is 319 g/mol. The highest BCUT2D eigenvalue weighted by Gasteiger charge is 2.09. The van der Waals surface area contributed by atoms with Crippen molar-refractivity contribution >= 4 is 44.8 Å². The molecule has 0 fully saturated rings. The molecule has 112 valence electrons. The minimum atomic E-state index is 0.717. The van der Waals surface area contributed by atoms with Crippen molar-refractivity contribution in [1.29, 1.82) is 0 Å². The van der Waals surface area contributed by atoms with Crippen molar-refractivity contribution in [3.05, 3.63) is 77.3 Å². The molecule has 4 rings (SSSR count). The second kappa shape index (κ2) is 5.56. The summed E-state index contributed by atoms with van der Waals surface area (Å²) in [5, 5.41) is 6.47. The Morgan fingerprint density at radius 1 is 0.826 bits per heavy atom. The molecule has 0 aliphatic rings. The molecule has 0 saturated carbocycles. The minimum Gasteiger partial charge on any atom is -0.354 e. The van der Waals surface area contributed by atoms with Gasteiger partial charge in [-0.1, -0.05) is 47.5 Å². The van der Waals surface area contributed by atoms with Crippen LogP contribution in [0.5, 0.6) is 0 Å². The fraction of sp³-hybridized carbons (Fsp3) is 0.0500. The van der Waals surface area contributed by atoms with E-state index in [1.54, 1.807) is 0 Å². The van der Waals surface area contributed by atoms with Crippen LogP contribution in [0.1, 0.15) is 5.56 Å². The van der Waals surface area contributed by atoms with Crippen LogP contribution in [0.4, 0.5) is 11.4 Å². The Balaban J connectivity index is 2.01. The monoisotopic (exact) mass is 318 g/mol. The molecule has 0 radical (unpaired) electrons. The molecule has 3 heteroatoms. The molecule has 4 aromatic rings. The van der Waals surface area contributed by atoms with E-state index in [4.69, 9.17) is 16.6 Å². The number of aryl methyl sites for hydroxylation is 1. The Kier molecular flexibility index (Phi) is 3.40. The first-order valence-electron chi connectivity index (χ1n) is 7.52. The number of nitrogens with one attached hydrogen (secondary N) is 1. The summed E-state index contributed by atoms with van der Waals surface area (Å²) in [5.74, 6) is 0. The van der Waals surface area contributed by atoms with E-state index in [0.29, 0.717) is 5.02 Å². The molecule has 0 aliphatic heterocycles. The lowest BCUT2D eigenvalue weighted by Gasteiger charge is -2.14. The zero-order valence-electron chi connectivity index (χ0n) is 12.7. The van der Waals surface area contributed by atoms with Crippen molar-refractivity contribution in [3.63, 3.8) is 0 Å². The highest BCUT2D eigenvalue weighted by molar-refractivity contribution is 6.30. The van der Waals surface area contributed by atoms with E-state index in [0.717, 1.165) is 33.2 Å². The summed E-state index contributed by atoms with van der Waals surface area (Å²) in [6, 6.07) is 22.3. The summed E-state index contributed by atoms with van der Waals surface area (Å²) in [6.45, 7) is 2.10. The number of hydrogen-bond donors (Lipinski definition) is 1. The Labute approximate surface area is 139 Å². The molecule has 0 saturated heterocycles. The largest absolute Gasteiger partial charge is 0.354 e. The molecule has 0 bridgehead atoms. The number of para-hydroxylation sites is 1. The highest BCUT2D eigenvalue weighted by atomic mass is 35.5. The highest BCUT2D eigenvalue weighted by Crippen LogP contribution is 2.34. The standard InChI is InChI=1S/C20H15ClN2/c1-13-9-10-19-17(11-13)20(16-7-2-3-8-18(16)23-19)22-15-6-4-5-14(21)12-15/h2-12H,1H3,(H,22,23). The van der Waals surface area contributed by atoms with Gasteiger partial charge in [-0.3, -0.25) is 0 Å². The normalized spacial score (nSPS) is 11.0. The predicted molar refractivity (Wildman–Crippen MR) is 98.7 cm³/mol. The first-order chi connectivity index (χ1) is 11.2. The molecular formula is C20H15ClN2. The van der Waals surface area contributed by atoms with Crippen LogP contribution in [-0.2, 0) is 0 Å². The van der Waals surface area contributed by atoms with Crippen molar-refractivity contribution < 1.29 is 0 Å². The van der Waals surface area contributed by atoms with Crippen LogP contribution >= 0.6 is 11.6 Å². The van der Waals surface area contributed by atoms with E-state index in [9.17, 15) is 0 Å². The number of fused-ring (bicyclic) bond motifs is 2. The van der Waals surface area contributed by atoms with Crippen LogP contribution in [0.3, 0.4) is 0 Å². The van der Waals surface area contributed by atoms with Crippen LogP contribution in [0.2, 0.25) is 5.02 Å². The van der Waals surface area contributed by atoms with Gasteiger partial charge in [-0.25, -0.2) is 4.98 Å². The Morgan fingerprint density at radius 3 is 2.52 bits per heavy atom. The molecular weight excluding hydrogens is 304 g/mol. The van der Waals surface area contributed by atoms with E-state index < -0.39 is 0 Å². The van der Waals surface area contributed by atoms with Crippen LogP contribution in [-0.4, -0.2) is 4.98 Å². The molecule has 0 unspecified atom stereocenters. The first kappa shape index (κ1) is 14.0. The second-order valence-corrected chi connectivity index (χ2v) is 6.10. The number of benzene rings is 3. The average Bonchev–Trinajstić information content (AvgIpc) is 2.55. The maximum atomic E-state index is 6.12. The van der Waals surface area contributed by atoms with Crippen LogP contribution in [0.25, 0.3) is 21.8 Å². The molecule has 0 aliphatic carbocycles. The lowest BCUT2D eigenvalue weighted by molar-refractivity contribution is 1.44. The smallest absolute Gasteiger partial charge is 0.0730 e. The third kappa shape index (κ3) is 2.62. The lowest BCUT2D eigenvalue weighted by Crippen LogP contribution is -1.95. The van der Waals surface area contributed by atoms with Crippen molar-refractivity contribution in [2.75, 3.05) is 5.32 Å². The number of aromatic nitrogens is 1. The number of halogens is 1. The number of pyridine rings is 1. The van der Waals surface area contributed by atoms with Gasteiger partial charge < -0.3 is 5.32 Å². The number of rotatable bonds is 2. The van der Waals surface area contributed by atoms with Gasteiger partial charge >= 0.3 is 0 Å². The second-order valence-electron chi connectivity index (χ2n) is 5.66. The van der Waals surface area contributed by atoms with E-state index >= 15 is 0 Å². The first-order valence-corrected chi connectivity index (χ1v) is 7.90. The van der Waals surface area contributed by atoms with E-state index in [1.165, 1.54) is 5.56 Å². The number of hydrogen-bond acceptors (Lipinski definition) is 2. The van der Waals surface area contributed by atoms with E-state index in [-0.39, 0.29) is 0 Å². The van der Waals surface area contributed by atoms with Crippen LogP contribution in [0.15, 0.2) is 66.7 Å². The summed E-state index contributed by atoms with van der Waals surface area (Å²) < 4.78 is 0. The molecule has 0 amide bonds. The van der Waals surface area contributed by atoms with Gasteiger partial charge in [0, 0.05) is 21.5 Å². The van der Waals surface area contributed by atoms with Gasteiger partial charge in [0.05, 0.1) is 16.7 Å². The Hall–Kier alpha value is -2.58. The summed E-state index contributed by atoms with van der Waals surface area (Å²) >= 11 is 6.12. The van der Waals surface area contributed by atoms with Gasteiger partial charge in [0.1, 0.15) is 0 Å². The summed E-state index contributed by atoms with van der Waals surface area (Å²) in [6.07, 6.45) is 0. The van der Waals surface area contributed by atoms with Crippen LogP contribution in [0, 0.1) is 6.92 Å². The van der Waals surface area contributed by atoms with Gasteiger partial charge in [0.25, 0.3) is 0 Å². The van der Waals surface area contributed by atoms with Crippen molar-refractivity contribution in [1.82, 2.24) is 4.98 Å². The predicted octanol–water partition coefficient (Wildman–Crippen LogP) is 6.09. The topological polar surface area (TPSA) is 24.9 Å². The van der Waals surface area contributed by atoms with Crippen molar-refractivity contribution in [2.24, 2.45) is 0 Å². The Bertz CT molecular complexity index is 1020. The van der Waals surface area contributed by atoms with Crippen molar-refractivity contribution in [2.45, 2.75) is 6.92 Å². The molecule has 1 aromatic heterocycles. The summed E-state index contributed by atoms with van der Waals surface area (Å²) in [4.78, 5) is 4.77. The molecule has 2 nitrogen and oxygen atoms in total. The zero-order valence-corrected chi connectivity index (χ0v) is 13.4. The minimum absolute atomic E-state index is 0.717. The fourth-order valence-corrected chi connectivity index (χ4v) is 3.04. The van der Waals surface area contributed by atoms with Crippen molar-refractivity contribution in [3.8, 4) is 0 Å². The van der Waals surface area contributed by atoms with Gasteiger partial charge in [0.15, 0.2) is 0 Å².